The van der Waals surface area contributed by atoms with E-state index in [9.17, 15) is 0 Å². The maximum Gasteiger partial charge on any atom is 0.279 e. The molecule has 0 unspecified atom stereocenters. The van der Waals surface area contributed by atoms with E-state index >= 15 is 0 Å². The Morgan fingerprint density at radius 3 is 1.21 bits per heavy atom. The van der Waals surface area contributed by atoms with Crippen LogP contribution in [0.5, 0.6) is 0 Å². The highest BCUT2D eigenvalue weighted by Crippen LogP contribution is 2.15. The minimum absolute atomic E-state index is 0.671. The zero-order valence-electron chi connectivity index (χ0n) is 9.97. The lowest BCUT2D eigenvalue weighted by atomic mass is 10.5. The van der Waals surface area contributed by atoms with Crippen LogP contribution >= 0.6 is 0 Å². The van der Waals surface area contributed by atoms with Gasteiger partial charge in [-0.1, -0.05) is 20.8 Å². The normalized spacial score (nSPS) is 12.0. The second-order valence-electron chi connectivity index (χ2n) is 3.41. The monoisotopic (exact) mass is 204 g/mol. The Bertz CT molecular complexity index is 104. The standard InChI is InChI=1S/C11H24O3/c1-5-8-12-11(4,13-9-6-2)14-10-7-3/h5-10H2,1-4H3. The van der Waals surface area contributed by atoms with Crippen LogP contribution in [-0.4, -0.2) is 25.8 Å². The molecule has 0 fully saturated rings. The molecule has 3 heteroatoms. The third-order valence-electron chi connectivity index (χ3n) is 1.71. The minimum atomic E-state index is -0.845. The lowest BCUT2D eigenvalue weighted by Crippen LogP contribution is -2.36. The molecular formula is C11H24O3. The molecule has 0 N–H and O–H groups in total. The summed E-state index contributed by atoms with van der Waals surface area (Å²) < 4.78 is 16.6. The van der Waals surface area contributed by atoms with E-state index in [-0.39, 0.29) is 0 Å². The Balaban J connectivity index is 3.89. The predicted molar refractivity (Wildman–Crippen MR) is 57.1 cm³/mol. The molecular weight excluding hydrogens is 180 g/mol. The van der Waals surface area contributed by atoms with E-state index in [1.54, 1.807) is 0 Å². The Morgan fingerprint density at radius 1 is 0.714 bits per heavy atom. The molecule has 0 atom stereocenters. The average molecular weight is 204 g/mol. The van der Waals surface area contributed by atoms with E-state index in [1.807, 2.05) is 6.92 Å². The fraction of sp³-hybridized carbons (Fsp3) is 1.00. The summed E-state index contributed by atoms with van der Waals surface area (Å²) >= 11 is 0. The van der Waals surface area contributed by atoms with E-state index in [0.717, 1.165) is 19.3 Å². The van der Waals surface area contributed by atoms with Gasteiger partial charge >= 0.3 is 0 Å². The fourth-order valence-corrected chi connectivity index (χ4v) is 0.987. The van der Waals surface area contributed by atoms with Crippen molar-refractivity contribution in [2.24, 2.45) is 0 Å². The molecule has 0 radical (unpaired) electrons. The second kappa shape index (κ2) is 8.21. The maximum absolute atomic E-state index is 5.54. The summed E-state index contributed by atoms with van der Waals surface area (Å²) in [5.41, 5.74) is 0. The summed E-state index contributed by atoms with van der Waals surface area (Å²) in [5.74, 6) is -0.845. The number of ether oxygens (including phenoxy) is 3. The lowest BCUT2D eigenvalue weighted by Gasteiger charge is -2.29. The largest absolute Gasteiger partial charge is 0.328 e. The van der Waals surface area contributed by atoms with Crippen molar-refractivity contribution in [3.63, 3.8) is 0 Å². The van der Waals surface area contributed by atoms with Gasteiger partial charge in [-0.25, -0.2) is 0 Å². The van der Waals surface area contributed by atoms with Crippen LogP contribution in [-0.2, 0) is 14.2 Å². The molecule has 0 rings (SSSR count). The van der Waals surface area contributed by atoms with Crippen molar-refractivity contribution in [2.75, 3.05) is 19.8 Å². The van der Waals surface area contributed by atoms with Crippen LogP contribution in [0.2, 0.25) is 0 Å². The van der Waals surface area contributed by atoms with Crippen LogP contribution in [0.1, 0.15) is 47.0 Å². The average Bonchev–Trinajstić information content (AvgIpc) is 2.21. The predicted octanol–water partition coefficient (Wildman–Crippen LogP) is 2.94. The molecule has 0 amide bonds. The highest BCUT2D eigenvalue weighted by atomic mass is 16.9. The first-order valence-corrected chi connectivity index (χ1v) is 5.60. The highest BCUT2D eigenvalue weighted by Gasteiger charge is 2.25. The molecule has 86 valence electrons. The molecule has 3 nitrogen and oxygen atoms in total. The number of hydrogen-bond acceptors (Lipinski definition) is 3. The summed E-state index contributed by atoms with van der Waals surface area (Å²) in [6.45, 7) is 10.1. The van der Waals surface area contributed by atoms with Gasteiger partial charge in [-0.05, 0) is 19.3 Å². The van der Waals surface area contributed by atoms with E-state index in [0.29, 0.717) is 19.8 Å². The SMILES string of the molecule is CCCOC(C)(OCCC)OCCC. The van der Waals surface area contributed by atoms with Crippen LogP contribution in [0.15, 0.2) is 0 Å². The summed E-state index contributed by atoms with van der Waals surface area (Å²) in [5, 5.41) is 0. The molecule has 0 saturated heterocycles. The third kappa shape index (κ3) is 6.35. The van der Waals surface area contributed by atoms with Crippen molar-refractivity contribution in [3.8, 4) is 0 Å². The Kier molecular flexibility index (Phi) is 8.14. The van der Waals surface area contributed by atoms with Gasteiger partial charge in [0, 0.05) is 6.92 Å². The van der Waals surface area contributed by atoms with Crippen molar-refractivity contribution in [2.45, 2.75) is 52.9 Å². The summed E-state index contributed by atoms with van der Waals surface area (Å²) in [7, 11) is 0. The van der Waals surface area contributed by atoms with Crippen molar-refractivity contribution >= 4 is 0 Å². The first kappa shape index (κ1) is 13.9. The molecule has 0 aromatic carbocycles. The molecule has 0 aliphatic carbocycles. The molecule has 14 heavy (non-hydrogen) atoms. The Labute approximate surface area is 87.7 Å². The Morgan fingerprint density at radius 2 is 1.00 bits per heavy atom. The van der Waals surface area contributed by atoms with Crippen molar-refractivity contribution in [1.82, 2.24) is 0 Å². The van der Waals surface area contributed by atoms with E-state index in [4.69, 9.17) is 14.2 Å². The van der Waals surface area contributed by atoms with Crippen LogP contribution in [0.3, 0.4) is 0 Å². The first-order chi connectivity index (χ1) is 6.68. The molecule has 0 aliphatic heterocycles. The topological polar surface area (TPSA) is 27.7 Å². The lowest BCUT2D eigenvalue weighted by molar-refractivity contribution is -0.369. The van der Waals surface area contributed by atoms with E-state index in [2.05, 4.69) is 20.8 Å². The van der Waals surface area contributed by atoms with Gasteiger partial charge in [-0.15, -0.1) is 0 Å². The van der Waals surface area contributed by atoms with Crippen molar-refractivity contribution in [1.29, 1.82) is 0 Å². The van der Waals surface area contributed by atoms with Gasteiger partial charge in [0.05, 0.1) is 19.8 Å². The third-order valence-corrected chi connectivity index (χ3v) is 1.71. The minimum Gasteiger partial charge on any atom is -0.328 e. The van der Waals surface area contributed by atoms with Crippen LogP contribution < -0.4 is 0 Å². The highest BCUT2D eigenvalue weighted by molar-refractivity contribution is 4.48. The zero-order valence-corrected chi connectivity index (χ0v) is 9.97. The Hall–Kier alpha value is -0.120. The van der Waals surface area contributed by atoms with Crippen LogP contribution in [0, 0.1) is 0 Å². The quantitative estimate of drug-likeness (QED) is 0.540. The molecule has 0 bridgehead atoms. The fourth-order valence-electron chi connectivity index (χ4n) is 0.987. The van der Waals surface area contributed by atoms with Gasteiger partial charge in [-0.3, -0.25) is 0 Å². The molecule has 0 aliphatic rings. The number of hydrogen-bond donors (Lipinski definition) is 0. The van der Waals surface area contributed by atoms with E-state index < -0.39 is 5.97 Å². The summed E-state index contributed by atoms with van der Waals surface area (Å²) in [6.07, 6.45) is 2.92. The molecule has 0 aromatic heterocycles. The van der Waals surface area contributed by atoms with Gasteiger partial charge in [0.1, 0.15) is 0 Å². The number of rotatable bonds is 9. The van der Waals surface area contributed by atoms with Gasteiger partial charge < -0.3 is 14.2 Å². The molecule has 0 aromatic rings. The summed E-state index contributed by atoms with van der Waals surface area (Å²) in [6, 6.07) is 0. The maximum atomic E-state index is 5.54. The summed E-state index contributed by atoms with van der Waals surface area (Å²) in [4.78, 5) is 0. The van der Waals surface area contributed by atoms with Gasteiger partial charge in [0.15, 0.2) is 0 Å². The van der Waals surface area contributed by atoms with Gasteiger partial charge in [0.2, 0.25) is 0 Å². The zero-order chi connectivity index (χ0) is 10.9. The first-order valence-electron chi connectivity index (χ1n) is 5.60. The second-order valence-corrected chi connectivity index (χ2v) is 3.41. The smallest absolute Gasteiger partial charge is 0.279 e. The van der Waals surface area contributed by atoms with Crippen LogP contribution in [0.25, 0.3) is 0 Å². The molecule has 0 spiro atoms. The van der Waals surface area contributed by atoms with Crippen LogP contribution in [0.4, 0.5) is 0 Å². The van der Waals surface area contributed by atoms with Crippen molar-refractivity contribution in [3.05, 3.63) is 0 Å². The van der Waals surface area contributed by atoms with Crippen molar-refractivity contribution < 1.29 is 14.2 Å². The van der Waals surface area contributed by atoms with Gasteiger partial charge in [-0.2, -0.15) is 0 Å². The molecule has 0 heterocycles. The van der Waals surface area contributed by atoms with Gasteiger partial charge in [0.25, 0.3) is 5.97 Å². The molecule has 0 saturated carbocycles. The van der Waals surface area contributed by atoms with E-state index in [1.165, 1.54) is 0 Å².